The molecule has 3 heterocycles. The van der Waals surface area contributed by atoms with Crippen molar-refractivity contribution in [3.05, 3.63) is 24.3 Å². The molecule has 54 heavy (non-hydrogen) atoms. The maximum atomic E-state index is 12.7. The zero-order valence-electron chi connectivity index (χ0n) is 29.2. The molecule has 1 fully saturated rings. The second kappa shape index (κ2) is 19.0. The van der Waals surface area contributed by atoms with E-state index >= 15 is 0 Å². The van der Waals surface area contributed by atoms with E-state index in [1.54, 1.807) is 19.9 Å². The fourth-order valence-corrected chi connectivity index (χ4v) is 8.07. The first-order valence-electron chi connectivity index (χ1n) is 15.7. The third-order valence-corrected chi connectivity index (χ3v) is 11.6. The van der Waals surface area contributed by atoms with Gasteiger partial charge in [0.2, 0.25) is 16.9 Å². The number of aliphatic hydroxyl groups is 2. The van der Waals surface area contributed by atoms with Gasteiger partial charge >= 0.3 is 23.5 Å². The fourth-order valence-electron chi connectivity index (χ4n) is 4.51. The summed E-state index contributed by atoms with van der Waals surface area (Å²) < 4.78 is 62.0. The molecule has 2 aromatic rings. The highest BCUT2D eigenvalue weighted by molar-refractivity contribution is 8.14. The summed E-state index contributed by atoms with van der Waals surface area (Å²) in [4.78, 5) is 87.2. The zero-order valence-corrected chi connectivity index (χ0v) is 32.7. The van der Waals surface area contributed by atoms with Crippen LogP contribution in [-0.2, 0) is 50.7 Å². The van der Waals surface area contributed by atoms with Gasteiger partial charge < -0.3 is 50.9 Å². The molecular weight excluding hydrogens is 807 g/mol. The van der Waals surface area contributed by atoms with E-state index in [-0.39, 0.29) is 41.6 Å². The second-order valence-corrected chi connectivity index (χ2v) is 17.5. The smallest absolute Gasteiger partial charge is 0.386 e. The highest BCUT2D eigenvalue weighted by atomic mass is 32.2. The Morgan fingerprint density at radius 1 is 1.09 bits per heavy atom. The van der Waals surface area contributed by atoms with Crippen molar-refractivity contribution in [2.24, 2.45) is 5.41 Å². The molecule has 0 saturated carbocycles. The van der Waals surface area contributed by atoms with Crippen molar-refractivity contribution in [2.75, 3.05) is 37.8 Å². The maximum absolute atomic E-state index is 12.7. The van der Waals surface area contributed by atoms with Crippen molar-refractivity contribution in [1.29, 1.82) is 0 Å². The molecular formula is C26H42N7O17P3S. The number of nitrogen functional groups attached to an aromatic ring is 1. The Morgan fingerprint density at radius 3 is 2.41 bits per heavy atom. The van der Waals surface area contributed by atoms with Crippen LogP contribution in [0.25, 0.3) is 11.2 Å². The summed E-state index contributed by atoms with van der Waals surface area (Å²) >= 11 is 1.03. The Kier molecular flexibility index (Phi) is 16.0. The summed E-state index contributed by atoms with van der Waals surface area (Å²) in [5, 5.41) is 26.2. The minimum absolute atomic E-state index is 0.0301. The number of phosphoric acid groups is 3. The van der Waals surface area contributed by atoms with Crippen LogP contribution in [0.3, 0.4) is 0 Å². The van der Waals surface area contributed by atoms with Gasteiger partial charge in [-0.05, 0) is 19.4 Å². The highest BCUT2D eigenvalue weighted by Gasteiger charge is 2.50. The molecule has 3 rings (SSSR count). The number of allylic oxidation sites excluding steroid dienone is 1. The summed E-state index contributed by atoms with van der Waals surface area (Å²) in [7, 11) is -16.4. The number of anilines is 1. The van der Waals surface area contributed by atoms with E-state index in [0.717, 1.165) is 29.0 Å². The van der Waals surface area contributed by atoms with Crippen LogP contribution in [0.2, 0.25) is 0 Å². The van der Waals surface area contributed by atoms with Gasteiger partial charge in [-0.15, -0.1) is 0 Å². The molecule has 10 N–H and O–H groups in total. The van der Waals surface area contributed by atoms with Crippen LogP contribution in [0.5, 0.6) is 0 Å². The van der Waals surface area contributed by atoms with E-state index in [9.17, 15) is 57.9 Å². The number of nitrogens with two attached hydrogens (primary N) is 1. The molecule has 0 aliphatic carbocycles. The molecule has 0 aromatic carbocycles. The van der Waals surface area contributed by atoms with Gasteiger partial charge in [0.15, 0.2) is 17.7 Å². The fraction of sp³-hybridized carbons (Fsp3) is 0.615. The Labute approximate surface area is 311 Å². The number of fused-ring (bicyclic) bond motifs is 1. The van der Waals surface area contributed by atoms with Crippen LogP contribution >= 0.6 is 35.2 Å². The predicted octanol–water partition coefficient (Wildman–Crippen LogP) is -0.369. The Bertz CT molecular complexity index is 1840. The van der Waals surface area contributed by atoms with E-state index < -0.39 is 84.6 Å². The summed E-state index contributed by atoms with van der Waals surface area (Å²) in [5.74, 6) is -1.13. The number of hydrogen-bond acceptors (Lipinski definition) is 18. The summed E-state index contributed by atoms with van der Waals surface area (Å²) in [5.41, 5.74) is 4.84. The molecule has 2 amide bonds. The normalized spacial score (nSPS) is 22.4. The predicted molar refractivity (Wildman–Crippen MR) is 187 cm³/mol. The zero-order chi connectivity index (χ0) is 40.6. The van der Waals surface area contributed by atoms with Gasteiger partial charge in [-0.3, -0.25) is 32.5 Å². The van der Waals surface area contributed by atoms with Crippen LogP contribution < -0.4 is 16.4 Å². The molecule has 7 atom stereocenters. The maximum Gasteiger partial charge on any atom is 0.481 e. The quantitative estimate of drug-likeness (QED) is 0.0466. The minimum Gasteiger partial charge on any atom is -0.386 e. The van der Waals surface area contributed by atoms with E-state index in [2.05, 4.69) is 34.4 Å². The molecule has 304 valence electrons. The van der Waals surface area contributed by atoms with Crippen molar-refractivity contribution in [2.45, 2.75) is 64.8 Å². The molecule has 0 spiro atoms. The molecule has 2 aromatic heterocycles. The first-order valence-corrected chi connectivity index (χ1v) is 21.2. The van der Waals surface area contributed by atoms with E-state index in [1.165, 1.54) is 13.8 Å². The lowest BCUT2D eigenvalue weighted by Crippen LogP contribution is -2.46. The van der Waals surface area contributed by atoms with Crippen LogP contribution in [-0.4, -0.2) is 123 Å². The van der Waals surface area contributed by atoms with Crippen LogP contribution in [0.15, 0.2) is 24.3 Å². The first-order chi connectivity index (χ1) is 25.0. The lowest BCUT2D eigenvalue weighted by atomic mass is 9.87. The van der Waals surface area contributed by atoms with Crippen molar-refractivity contribution in [3.63, 3.8) is 0 Å². The number of nitrogens with zero attached hydrogens (tertiary/aromatic N) is 4. The number of hydrogen-bond donors (Lipinski definition) is 9. The number of ether oxygens (including phenoxy) is 1. The van der Waals surface area contributed by atoms with Gasteiger partial charge in [-0.25, -0.2) is 28.6 Å². The number of amides is 2. The van der Waals surface area contributed by atoms with E-state index in [1.807, 2.05) is 0 Å². The van der Waals surface area contributed by atoms with Gasteiger partial charge in [0.1, 0.15) is 36.3 Å². The summed E-state index contributed by atoms with van der Waals surface area (Å²) in [6, 6.07) is 0. The molecule has 0 bridgehead atoms. The van der Waals surface area contributed by atoms with Gasteiger partial charge in [0.05, 0.1) is 19.5 Å². The summed E-state index contributed by atoms with van der Waals surface area (Å²) in [6.45, 7) is 3.88. The first kappa shape index (κ1) is 45.7. The van der Waals surface area contributed by atoms with E-state index in [4.69, 9.17) is 19.5 Å². The number of carbonyl (C=O) groups is 3. The molecule has 1 aliphatic heterocycles. The van der Waals surface area contributed by atoms with E-state index in [0.29, 0.717) is 11.3 Å². The highest BCUT2D eigenvalue weighted by Crippen LogP contribution is 2.61. The molecule has 28 heteroatoms. The number of rotatable bonds is 20. The third kappa shape index (κ3) is 13.2. The number of carbonyl (C=O) groups excluding carboxylic acids is 3. The molecule has 1 saturated heterocycles. The molecule has 3 unspecified atom stereocenters. The SMILES string of the molecule is C/C=C(\C)C(=O)SCCNC(=O)CCNC(=O)C(O)C(C)(C)COP(=O)(O)OP(=O)(O)OC[C@H]1O[C@@H](n2cnc3c(N)ncnc32)[C@H](O)[C@@H]1OP(=O)(O)O. The lowest BCUT2D eigenvalue weighted by molar-refractivity contribution is -0.137. The number of nitrogens with one attached hydrogen (secondary N) is 2. The second-order valence-electron chi connectivity index (χ2n) is 12.2. The van der Waals surface area contributed by atoms with Crippen molar-refractivity contribution >= 4 is 69.1 Å². The van der Waals surface area contributed by atoms with Crippen LogP contribution in [0.1, 0.15) is 40.3 Å². The van der Waals surface area contributed by atoms with Gasteiger partial charge in [0, 0.05) is 30.7 Å². The van der Waals surface area contributed by atoms with Crippen molar-refractivity contribution < 1.29 is 80.5 Å². The summed E-state index contributed by atoms with van der Waals surface area (Å²) in [6.07, 6.45) is -5.24. The standard InChI is InChI=1S/C26H42N7O17P3S/c1-5-14(2)25(38)54-9-8-28-16(34)6-7-29-23(37)20(36)26(3,4)11-47-53(44,45)50-52(42,43)46-10-15-19(49-51(39,40)41)18(35)24(48-15)33-13-32-17-21(27)30-12-31-22(17)33/h5,12-13,15,18-20,24,35-36H,6-11H2,1-4H3,(H,28,34)(H,29,37)(H,42,43)(H,44,45)(H2,27,30,31)(H2,39,40,41)/b14-5+/t15-,18-,19-,20?,24-/m1/s1. The number of thioether (sulfide) groups is 1. The minimum atomic E-state index is -5.57. The molecule has 1 aliphatic rings. The third-order valence-electron chi connectivity index (χ3n) is 7.49. The average molecular weight is 850 g/mol. The monoisotopic (exact) mass is 849 g/mol. The van der Waals surface area contributed by atoms with Gasteiger partial charge in [0.25, 0.3) is 0 Å². The number of imidazole rings is 1. The average Bonchev–Trinajstić information content (AvgIpc) is 3.64. The van der Waals surface area contributed by atoms with Crippen LogP contribution in [0, 0.1) is 5.41 Å². The van der Waals surface area contributed by atoms with Gasteiger partial charge in [-0.2, -0.15) is 4.31 Å². The topological polar surface area (TPSA) is 364 Å². The number of aromatic nitrogens is 4. The molecule has 24 nitrogen and oxygen atoms in total. The largest absolute Gasteiger partial charge is 0.481 e. The van der Waals surface area contributed by atoms with Crippen molar-refractivity contribution in [1.82, 2.24) is 30.2 Å². The van der Waals surface area contributed by atoms with Crippen LogP contribution in [0.4, 0.5) is 5.82 Å². The molecule has 0 radical (unpaired) electrons. The number of phosphoric ester groups is 3. The Balaban J connectivity index is 1.51. The number of aliphatic hydroxyl groups excluding tert-OH is 2. The lowest BCUT2D eigenvalue weighted by Gasteiger charge is -2.30. The van der Waals surface area contributed by atoms with Crippen molar-refractivity contribution in [3.8, 4) is 0 Å². The Morgan fingerprint density at radius 2 is 1.76 bits per heavy atom. The Hall–Kier alpha value is -2.70. The van der Waals surface area contributed by atoms with Gasteiger partial charge in [-0.1, -0.05) is 31.7 Å².